The molecule has 6 nitrogen and oxygen atoms in total. The van der Waals surface area contributed by atoms with Gasteiger partial charge in [0.1, 0.15) is 17.3 Å². The third-order valence-electron chi connectivity index (χ3n) is 11.2. The Bertz CT molecular complexity index is 3080. The molecule has 0 spiro atoms. The van der Waals surface area contributed by atoms with E-state index in [9.17, 15) is 0 Å². The van der Waals surface area contributed by atoms with Crippen LogP contribution in [0.15, 0.2) is 140 Å². The fourth-order valence-electron chi connectivity index (χ4n) is 8.24. The van der Waals surface area contributed by atoms with Crippen LogP contribution in [0.1, 0.15) is 36.0 Å². The molecule has 270 valence electrons. The SMILES string of the molecule is [2H]C([2H])([2H])N1CN(c2cc(Oc3ccc4c5ccccc5n(-c5cc6c(cn5)c5ccc(C)cc5n6C)c4c3)cc(C(C)(C)C)c2)c2cc(-c3ccccc3)ccc21. The van der Waals surface area contributed by atoms with Crippen molar-refractivity contribution in [1.29, 1.82) is 0 Å². The summed E-state index contributed by atoms with van der Waals surface area (Å²) in [6.07, 6.45) is 2.00. The van der Waals surface area contributed by atoms with Crippen molar-refractivity contribution in [2.45, 2.75) is 33.1 Å². The molecule has 55 heavy (non-hydrogen) atoms. The van der Waals surface area contributed by atoms with Crippen molar-refractivity contribution in [2.24, 2.45) is 7.05 Å². The number of para-hydroxylation sites is 1. The molecular weight excluding hydrogens is 675 g/mol. The number of fused-ring (bicyclic) bond motifs is 7. The van der Waals surface area contributed by atoms with Gasteiger partial charge in [0.15, 0.2) is 0 Å². The Hall–Kier alpha value is -6.53. The molecule has 0 radical (unpaired) electrons. The van der Waals surface area contributed by atoms with E-state index in [4.69, 9.17) is 13.8 Å². The van der Waals surface area contributed by atoms with Gasteiger partial charge in [-0.15, -0.1) is 0 Å². The summed E-state index contributed by atoms with van der Waals surface area (Å²) in [7, 11) is 2.12. The van der Waals surface area contributed by atoms with Crippen molar-refractivity contribution in [3.05, 3.63) is 151 Å². The molecule has 0 amide bonds. The van der Waals surface area contributed by atoms with E-state index in [1.165, 1.54) is 21.4 Å². The second kappa shape index (κ2) is 12.3. The van der Waals surface area contributed by atoms with Crippen molar-refractivity contribution in [1.82, 2.24) is 14.1 Å². The predicted molar refractivity (Wildman–Crippen MR) is 230 cm³/mol. The molecule has 6 heteroatoms. The van der Waals surface area contributed by atoms with E-state index in [1.807, 2.05) is 48.7 Å². The molecule has 0 bridgehead atoms. The number of ether oxygens (including phenoxy) is 1. The summed E-state index contributed by atoms with van der Waals surface area (Å²) in [5.74, 6) is 2.19. The monoisotopic (exact) mass is 720 g/mol. The average molecular weight is 721 g/mol. The Labute approximate surface area is 325 Å². The molecule has 0 fully saturated rings. The molecule has 0 saturated heterocycles. The molecule has 0 unspecified atom stereocenters. The summed E-state index contributed by atoms with van der Waals surface area (Å²) in [6, 6.07) is 45.9. The van der Waals surface area contributed by atoms with E-state index in [0.29, 0.717) is 17.2 Å². The lowest BCUT2D eigenvalue weighted by atomic mass is 9.86. The molecule has 1 aliphatic heterocycles. The second-order valence-electron chi connectivity index (χ2n) is 15.8. The topological polar surface area (TPSA) is 38.5 Å². The molecular formula is C49H43N5O. The Morgan fingerprint density at radius 3 is 2.24 bits per heavy atom. The first-order valence-corrected chi connectivity index (χ1v) is 18.8. The van der Waals surface area contributed by atoms with Crippen LogP contribution in [0.3, 0.4) is 0 Å². The van der Waals surface area contributed by atoms with Crippen LogP contribution in [0.2, 0.25) is 0 Å². The molecule has 0 saturated carbocycles. The van der Waals surface area contributed by atoms with Gasteiger partial charge in [0, 0.05) is 75.3 Å². The van der Waals surface area contributed by atoms with E-state index in [-0.39, 0.29) is 12.1 Å². The third kappa shape index (κ3) is 5.43. The minimum absolute atomic E-state index is 0.177. The lowest BCUT2D eigenvalue weighted by molar-refractivity contribution is 0.479. The fraction of sp³-hybridized carbons (Fsp3) is 0.163. The lowest BCUT2D eigenvalue weighted by Gasteiger charge is -2.26. The van der Waals surface area contributed by atoms with E-state index < -0.39 is 6.98 Å². The highest BCUT2D eigenvalue weighted by Gasteiger charge is 2.27. The summed E-state index contributed by atoms with van der Waals surface area (Å²) < 4.78 is 36.6. The molecule has 9 aromatic rings. The number of nitrogens with zero attached hydrogens (tertiary/aromatic N) is 5. The normalized spacial score (nSPS) is 14.2. The molecule has 6 aromatic carbocycles. The summed E-state index contributed by atoms with van der Waals surface area (Å²) in [4.78, 5) is 8.66. The zero-order valence-corrected chi connectivity index (χ0v) is 31.6. The van der Waals surface area contributed by atoms with Crippen LogP contribution in [-0.4, -0.2) is 27.8 Å². The molecule has 1 aliphatic rings. The number of anilines is 3. The fourth-order valence-corrected chi connectivity index (χ4v) is 8.24. The maximum Gasteiger partial charge on any atom is 0.139 e. The van der Waals surface area contributed by atoms with Gasteiger partial charge >= 0.3 is 0 Å². The van der Waals surface area contributed by atoms with Crippen LogP contribution in [0.25, 0.3) is 60.6 Å². The number of benzene rings is 6. The highest BCUT2D eigenvalue weighted by Crippen LogP contribution is 2.45. The van der Waals surface area contributed by atoms with Crippen LogP contribution in [0, 0.1) is 6.92 Å². The molecule has 10 rings (SSSR count). The first-order chi connectivity index (χ1) is 27.8. The quantitative estimate of drug-likeness (QED) is 0.177. The van der Waals surface area contributed by atoms with Gasteiger partial charge in [-0.25, -0.2) is 4.98 Å². The van der Waals surface area contributed by atoms with Crippen molar-refractivity contribution in [2.75, 3.05) is 23.4 Å². The average Bonchev–Trinajstić information content (AvgIpc) is 3.85. The number of hydrogen-bond acceptors (Lipinski definition) is 4. The highest BCUT2D eigenvalue weighted by molar-refractivity contribution is 6.11. The third-order valence-corrected chi connectivity index (χ3v) is 11.2. The van der Waals surface area contributed by atoms with Crippen molar-refractivity contribution in [3.63, 3.8) is 0 Å². The van der Waals surface area contributed by atoms with E-state index in [0.717, 1.165) is 66.6 Å². The first kappa shape index (κ1) is 29.9. The Morgan fingerprint density at radius 2 is 1.40 bits per heavy atom. The van der Waals surface area contributed by atoms with Crippen molar-refractivity contribution >= 4 is 60.7 Å². The van der Waals surface area contributed by atoms with E-state index in [2.05, 4.69) is 140 Å². The number of aromatic nitrogens is 3. The standard InChI is InChI=1S/C49H43N5O/c1-31-16-19-40-41-29-50-48(28-45(41)52(6)44(40)22-31)54-42-15-11-10-14-38(42)39-20-18-36(27-46(39)54)55-37-25-34(49(2,3)4)24-35(26-37)53-30-51(5)43-21-17-33(23-47(43)53)32-12-8-7-9-13-32/h7-29H,30H2,1-6H3/i5D3. The highest BCUT2D eigenvalue weighted by atomic mass is 16.5. The minimum Gasteiger partial charge on any atom is -0.457 e. The van der Waals surface area contributed by atoms with Gasteiger partial charge in [-0.2, -0.15) is 0 Å². The number of aryl methyl sites for hydroxylation is 2. The van der Waals surface area contributed by atoms with Crippen molar-refractivity contribution in [3.8, 4) is 28.4 Å². The van der Waals surface area contributed by atoms with Gasteiger partial charge in [0.05, 0.1) is 34.6 Å². The summed E-state index contributed by atoms with van der Waals surface area (Å²) in [5.41, 5.74) is 10.9. The van der Waals surface area contributed by atoms with Gasteiger partial charge in [0.25, 0.3) is 0 Å². The molecule has 0 atom stereocenters. The zero-order chi connectivity index (χ0) is 40.1. The Kier molecular flexibility index (Phi) is 6.65. The number of rotatable bonds is 5. The number of pyridine rings is 1. The van der Waals surface area contributed by atoms with Crippen LogP contribution >= 0.6 is 0 Å². The summed E-state index contributed by atoms with van der Waals surface area (Å²) in [5, 5.41) is 4.56. The largest absolute Gasteiger partial charge is 0.457 e. The van der Waals surface area contributed by atoms with E-state index in [1.54, 1.807) is 0 Å². The molecule has 4 heterocycles. The molecule has 0 aliphatic carbocycles. The summed E-state index contributed by atoms with van der Waals surface area (Å²) >= 11 is 0. The van der Waals surface area contributed by atoms with Crippen LogP contribution in [0.5, 0.6) is 11.5 Å². The van der Waals surface area contributed by atoms with Gasteiger partial charge in [0.2, 0.25) is 0 Å². The first-order valence-electron chi connectivity index (χ1n) is 20.3. The molecule has 3 aromatic heterocycles. The van der Waals surface area contributed by atoms with Gasteiger partial charge in [-0.3, -0.25) is 4.57 Å². The van der Waals surface area contributed by atoms with E-state index >= 15 is 0 Å². The Morgan fingerprint density at radius 1 is 0.636 bits per heavy atom. The van der Waals surface area contributed by atoms with Gasteiger partial charge in [-0.05, 0) is 83.1 Å². The predicted octanol–water partition coefficient (Wildman–Crippen LogP) is 12.4. The maximum atomic E-state index is 8.43. The zero-order valence-electron chi connectivity index (χ0n) is 34.6. The number of hydrogen-bond donors (Lipinski definition) is 0. The van der Waals surface area contributed by atoms with Crippen molar-refractivity contribution < 1.29 is 8.85 Å². The van der Waals surface area contributed by atoms with Gasteiger partial charge in [-0.1, -0.05) is 87.5 Å². The van der Waals surface area contributed by atoms with Crippen LogP contribution in [-0.2, 0) is 12.5 Å². The molecule has 0 N–H and O–H groups in total. The lowest BCUT2D eigenvalue weighted by Crippen LogP contribution is -2.24. The van der Waals surface area contributed by atoms with Crippen LogP contribution < -0.4 is 14.5 Å². The smallest absolute Gasteiger partial charge is 0.139 e. The minimum atomic E-state index is -2.32. The summed E-state index contributed by atoms with van der Waals surface area (Å²) in [6.45, 7) is 6.53. The maximum absolute atomic E-state index is 8.43. The Balaban J connectivity index is 1.09. The second-order valence-corrected chi connectivity index (χ2v) is 15.8. The van der Waals surface area contributed by atoms with Gasteiger partial charge < -0.3 is 19.1 Å². The van der Waals surface area contributed by atoms with Crippen LogP contribution in [0.4, 0.5) is 17.1 Å².